The molecule has 0 spiro atoms. The topological polar surface area (TPSA) is 0 Å². The molecule has 0 bridgehead atoms. The summed E-state index contributed by atoms with van der Waals surface area (Å²) < 4.78 is 0.964. The molecular weight excluding hydrogens is 235 g/mol. The van der Waals surface area contributed by atoms with E-state index in [-0.39, 0.29) is 0 Å². The highest BCUT2D eigenvalue weighted by atomic mass is 127. The van der Waals surface area contributed by atoms with Gasteiger partial charge in [0.25, 0.3) is 0 Å². The first kappa shape index (κ1) is 8.82. The Morgan fingerprint density at radius 1 is 1.20 bits per heavy atom. The fraction of sp³-hybridized carbons (Fsp3) is 1.00. The minimum absolute atomic E-state index is 0.905. The molecule has 1 aliphatic carbocycles. The second-order valence-electron chi connectivity index (χ2n) is 3.71. The molecule has 0 aliphatic heterocycles. The van der Waals surface area contributed by atoms with Crippen LogP contribution in [0.1, 0.15) is 39.5 Å². The lowest BCUT2D eigenvalue weighted by molar-refractivity contribution is 0.298. The Hall–Kier alpha value is 0.730. The SMILES string of the molecule is CC(C)C1CCCCC1I. The molecule has 10 heavy (non-hydrogen) atoms. The summed E-state index contributed by atoms with van der Waals surface area (Å²) in [4.78, 5) is 0. The van der Waals surface area contributed by atoms with Crippen LogP contribution >= 0.6 is 22.6 Å². The van der Waals surface area contributed by atoms with Crippen LogP contribution in [0.15, 0.2) is 0 Å². The number of hydrogen-bond acceptors (Lipinski definition) is 0. The zero-order valence-electron chi connectivity index (χ0n) is 6.94. The zero-order chi connectivity index (χ0) is 7.56. The van der Waals surface area contributed by atoms with Gasteiger partial charge in [0.05, 0.1) is 0 Å². The van der Waals surface area contributed by atoms with Crippen LogP contribution in [0.3, 0.4) is 0 Å². The predicted molar refractivity (Wildman–Crippen MR) is 54.6 cm³/mol. The van der Waals surface area contributed by atoms with Gasteiger partial charge in [-0.15, -0.1) is 0 Å². The van der Waals surface area contributed by atoms with E-state index in [1.807, 2.05) is 0 Å². The van der Waals surface area contributed by atoms with Gasteiger partial charge in [0.2, 0.25) is 0 Å². The van der Waals surface area contributed by atoms with Crippen molar-refractivity contribution >= 4 is 22.6 Å². The van der Waals surface area contributed by atoms with Crippen molar-refractivity contribution < 1.29 is 0 Å². The van der Waals surface area contributed by atoms with E-state index in [0.29, 0.717) is 0 Å². The van der Waals surface area contributed by atoms with Crippen molar-refractivity contribution in [2.75, 3.05) is 0 Å². The molecule has 0 aromatic rings. The summed E-state index contributed by atoms with van der Waals surface area (Å²) in [6.07, 6.45) is 5.88. The molecule has 2 atom stereocenters. The summed E-state index contributed by atoms with van der Waals surface area (Å²) in [5.41, 5.74) is 0. The van der Waals surface area contributed by atoms with Crippen molar-refractivity contribution in [2.24, 2.45) is 11.8 Å². The Labute approximate surface area is 77.9 Å². The van der Waals surface area contributed by atoms with E-state index in [2.05, 4.69) is 36.4 Å². The lowest BCUT2D eigenvalue weighted by Crippen LogP contribution is -2.23. The zero-order valence-corrected chi connectivity index (χ0v) is 9.10. The summed E-state index contributed by atoms with van der Waals surface area (Å²) >= 11 is 2.63. The Balaban J connectivity index is 2.40. The average Bonchev–Trinajstić information content (AvgIpc) is 1.88. The van der Waals surface area contributed by atoms with Gasteiger partial charge in [0.1, 0.15) is 0 Å². The third-order valence-electron chi connectivity index (χ3n) is 2.59. The Kier molecular flexibility index (Phi) is 3.47. The van der Waals surface area contributed by atoms with Crippen LogP contribution in [0.5, 0.6) is 0 Å². The molecule has 0 heterocycles. The lowest BCUT2D eigenvalue weighted by Gasteiger charge is -2.30. The van der Waals surface area contributed by atoms with E-state index < -0.39 is 0 Å². The average molecular weight is 252 g/mol. The number of halogens is 1. The molecule has 0 nitrogen and oxygen atoms in total. The Bertz CT molecular complexity index is 98.9. The quantitative estimate of drug-likeness (QED) is 0.493. The minimum Gasteiger partial charge on any atom is -0.0823 e. The molecule has 60 valence electrons. The smallest absolute Gasteiger partial charge is 0.0140 e. The maximum atomic E-state index is 2.63. The van der Waals surface area contributed by atoms with E-state index in [1.54, 1.807) is 0 Å². The molecule has 0 saturated heterocycles. The second-order valence-corrected chi connectivity index (χ2v) is 5.31. The van der Waals surface area contributed by atoms with Crippen molar-refractivity contribution in [3.63, 3.8) is 0 Å². The predicted octanol–water partition coefficient (Wildman–Crippen LogP) is 3.64. The maximum absolute atomic E-state index is 2.63. The van der Waals surface area contributed by atoms with Crippen molar-refractivity contribution in [2.45, 2.75) is 43.5 Å². The number of rotatable bonds is 1. The molecular formula is C9H17I. The standard InChI is InChI=1S/C9H17I/c1-7(2)8-5-3-4-6-9(8)10/h7-9H,3-6H2,1-2H3. The molecule has 1 rings (SSSR count). The van der Waals surface area contributed by atoms with Crippen molar-refractivity contribution in [3.05, 3.63) is 0 Å². The third kappa shape index (κ3) is 2.11. The van der Waals surface area contributed by atoms with Crippen molar-refractivity contribution in [1.82, 2.24) is 0 Å². The van der Waals surface area contributed by atoms with Gasteiger partial charge in [-0.25, -0.2) is 0 Å². The van der Waals surface area contributed by atoms with E-state index in [1.165, 1.54) is 25.7 Å². The molecule has 1 heteroatoms. The molecule has 1 saturated carbocycles. The largest absolute Gasteiger partial charge is 0.0823 e. The van der Waals surface area contributed by atoms with Crippen LogP contribution in [0, 0.1) is 11.8 Å². The van der Waals surface area contributed by atoms with Gasteiger partial charge in [-0.2, -0.15) is 0 Å². The summed E-state index contributed by atoms with van der Waals surface area (Å²) in [6, 6.07) is 0. The van der Waals surface area contributed by atoms with Crippen molar-refractivity contribution in [1.29, 1.82) is 0 Å². The Morgan fingerprint density at radius 2 is 1.80 bits per heavy atom. The highest BCUT2D eigenvalue weighted by Crippen LogP contribution is 2.34. The van der Waals surface area contributed by atoms with Crippen molar-refractivity contribution in [3.8, 4) is 0 Å². The van der Waals surface area contributed by atoms with E-state index >= 15 is 0 Å². The van der Waals surface area contributed by atoms with E-state index in [4.69, 9.17) is 0 Å². The highest BCUT2D eigenvalue weighted by molar-refractivity contribution is 14.1. The summed E-state index contributed by atoms with van der Waals surface area (Å²) in [7, 11) is 0. The van der Waals surface area contributed by atoms with Gasteiger partial charge in [-0.05, 0) is 24.7 Å². The van der Waals surface area contributed by atoms with Crippen LogP contribution in [0.25, 0.3) is 0 Å². The van der Waals surface area contributed by atoms with E-state index in [9.17, 15) is 0 Å². The maximum Gasteiger partial charge on any atom is 0.0140 e. The van der Waals surface area contributed by atoms with Gasteiger partial charge >= 0.3 is 0 Å². The molecule has 1 fully saturated rings. The van der Waals surface area contributed by atoms with Gasteiger partial charge < -0.3 is 0 Å². The number of alkyl halides is 1. The second kappa shape index (κ2) is 3.93. The van der Waals surface area contributed by atoms with Crippen LogP contribution in [-0.2, 0) is 0 Å². The van der Waals surface area contributed by atoms with Crippen LogP contribution < -0.4 is 0 Å². The lowest BCUT2D eigenvalue weighted by atomic mass is 9.82. The number of hydrogen-bond donors (Lipinski definition) is 0. The summed E-state index contributed by atoms with van der Waals surface area (Å²) in [5.74, 6) is 1.91. The van der Waals surface area contributed by atoms with E-state index in [0.717, 1.165) is 15.8 Å². The van der Waals surface area contributed by atoms with Crippen LogP contribution in [0.4, 0.5) is 0 Å². The van der Waals surface area contributed by atoms with Crippen LogP contribution in [0.2, 0.25) is 0 Å². The summed E-state index contributed by atoms with van der Waals surface area (Å²) in [6.45, 7) is 4.73. The highest BCUT2D eigenvalue weighted by Gasteiger charge is 2.24. The normalized spacial score (nSPS) is 34.8. The molecule has 0 aromatic heterocycles. The first-order valence-corrected chi connectivity index (χ1v) is 5.60. The fourth-order valence-electron chi connectivity index (χ4n) is 1.87. The molecule has 0 amide bonds. The van der Waals surface area contributed by atoms with Gasteiger partial charge in [-0.1, -0.05) is 49.3 Å². The van der Waals surface area contributed by atoms with Crippen LogP contribution in [-0.4, -0.2) is 3.92 Å². The molecule has 2 unspecified atom stereocenters. The summed E-state index contributed by atoms with van der Waals surface area (Å²) in [5, 5.41) is 0. The molecule has 0 aromatic carbocycles. The monoisotopic (exact) mass is 252 g/mol. The van der Waals surface area contributed by atoms with Gasteiger partial charge in [0, 0.05) is 3.92 Å². The minimum atomic E-state index is 0.905. The Morgan fingerprint density at radius 3 is 2.20 bits per heavy atom. The molecule has 1 aliphatic rings. The van der Waals surface area contributed by atoms with Gasteiger partial charge in [-0.3, -0.25) is 0 Å². The molecule has 0 N–H and O–H groups in total. The molecule has 0 radical (unpaired) electrons. The first-order chi connectivity index (χ1) is 4.72. The first-order valence-electron chi connectivity index (χ1n) is 4.36. The van der Waals surface area contributed by atoms with Gasteiger partial charge in [0.15, 0.2) is 0 Å². The third-order valence-corrected chi connectivity index (χ3v) is 4.13. The fourth-order valence-corrected chi connectivity index (χ4v) is 3.50.